The zero-order valence-corrected chi connectivity index (χ0v) is 14.9. The highest BCUT2D eigenvalue weighted by atomic mass is 35.5. The molecule has 0 bridgehead atoms. The van der Waals surface area contributed by atoms with Crippen molar-refractivity contribution in [3.63, 3.8) is 0 Å². The van der Waals surface area contributed by atoms with E-state index in [0.29, 0.717) is 17.0 Å². The van der Waals surface area contributed by atoms with Crippen LogP contribution in [-0.4, -0.2) is 41.9 Å². The van der Waals surface area contributed by atoms with Crippen LogP contribution in [0, 0.1) is 0 Å². The molecule has 6 nitrogen and oxygen atoms in total. The summed E-state index contributed by atoms with van der Waals surface area (Å²) in [5.41, 5.74) is -1.05. The lowest BCUT2D eigenvalue weighted by Crippen LogP contribution is -2.51. The van der Waals surface area contributed by atoms with Crippen LogP contribution in [0.2, 0.25) is 5.02 Å². The third-order valence-electron chi connectivity index (χ3n) is 3.88. The summed E-state index contributed by atoms with van der Waals surface area (Å²) in [6.45, 7) is 1.69. The summed E-state index contributed by atoms with van der Waals surface area (Å²) in [6.07, 6.45) is 0.880. The molecule has 0 spiro atoms. The van der Waals surface area contributed by atoms with E-state index in [9.17, 15) is 19.5 Å². The van der Waals surface area contributed by atoms with Crippen LogP contribution < -0.4 is 5.32 Å². The average molecular weight is 355 g/mol. The molecule has 1 aromatic carbocycles. The van der Waals surface area contributed by atoms with Crippen molar-refractivity contribution in [2.75, 3.05) is 14.1 Å². The van der Waals surface area contributed by atoms with E-state index in [-0.39, 0.29) is 25.2 Å². The van der Waals surface area contributed by atoms with Crippen LogP contribution in [0.3, 0.4) is 0 Å². The van der Waals surface area contributed by atoms with E-state index >= 15 is 0 Å². The minimum Gasteiger partial charge on any atom is -0.479 e. The molecule has 0 aliphatic rings. The lowest BCUT2D eigenvalue weighted by molar-refractivity contribution is -0.148. The summed E-state index contributed by atoms with van der Waals surface area (Å²) in [5, 5.41) is 12.8. The van der Waals surface area contributed by atoms with Crippen LogP contribution in [0.4, 0.5) is 0 Å². The minimum absolute atomic E-state index is 0.0690. The molecule has 0 heterocycles. The van der Waals surface area contributed by atoms with Gasteiger partial charge in [-0.2, -0.15) is 0 Å². The topological polar surface area (TPSA) is 86.7 Å². The zero-order valence-electron chi connectivity index (χ0n) is 14.1. The first-order valence-corrected chi connectivity index (χ1v) is 8.11. The summed E-state index contributed by atoms with van der Waals surface area (Å²) in [4.78, 5) is 37.0. The van der Waals surface area contributed by atoms with Crippen LogP contribution in [-0.2, 0) is 19.9 Å². The molecule has 0 aliphatic carbocycles. The largest absolute Gasteiger partial charge is 0.479 e. The first-order valence-electron chi connectivity index (χ1n) is 7.73. The van der Waals surface area contributed by atoms with Crippen LogP contribution in [0.5, 0.6) is 0 Å². The number of rotatable bonds is 8. The van der Waals surface area contributed by atoms with Gasteiger partial charge in [-0.05, 0) is 30.5 Å². The fourth-order valence-electron chi connectivity index (χ4n) is 2.35. The maximum atomic E-state index is 12.2. The molecule has 1 unspecified atom stereocenters. The molecule has 24 heavy (non-hydrogen) atoms. The summed E-state index contributed by atoms with van der Waals surface area (Å²) in [7, 11) is 3.30. The molecule has 132 valence electrons. The first kappa shape index (κ1) is 20.0. The quantitative estimate of drug-likeness (QED) is 0.750. The van der Waals surface area contributed by atoms with Crippen molar-refractivity contribution in [2.45, 2.75) is 38.1 Å². The molecule has 0 aromatic heterocycles. The number of hydrogen-bond acceptors (Lipinski definition) is 3. The minimum atomic E-state index is -1.51. The Hall–Kier alpha value is -2.08. The third kappa shape index (κ3) is 4.96. The Labute approximate surface area is 146 Å². The Balaban J connectivity index is 2.83. The van der Waals surface area contributed by atoms with Crippen LogP contribution in [0.1, 0.15) is 38.2 Å². The normalized spacial score (nSPS) is 13.0. The Morgan fingerprint density at radius 1 is 1.17 bits per heavy atom. The Kier molecular flexibility index (Phi) is 7.22. The molecule has 7 heteroatoms. The van der Waals surface area contributed by atoms with E-state index in [1.165, 1.54) is 4.90 Å². The van der Waals surface area contributed by atoms with Crippen molar-refractivity contribution in [3.05, 3.63) is 34.9 Å². The number of hydrogen-bond donors (Lipinski definition) is 2. The second-order valence-corrected chi connectivity index (χ2v) is 6.20. The van der Waals surface area contributed by atoms with Gasteiger partial charge in [-0.25, -0.2) is 4.79 Å². The van der Waals surface area contributed by atoms with Crippen LogP contribution in [0.25, 0.3) is 0 Å². The number of nitrogens with one attached hydrogen (secondary N) is 1. The molecule has 2 amide bonds. The molecule has 1 rings (SSSR count). The SMILES string of the molecule is CCC(NC(=O)CCCC(=O)N(C)C)(C(=O)O)c1ccc(Cl)cc1. The monoisotopic (exact) mass is 354 g/mol. The Bertz CT molecular complexity index is 601. The summed E-state index contributed by atoms with van der Waals surface area (Å²) in [6, 6.07) is 6.36. The van der Waals surface area contributed by atoms with Crippen LogP contribution in [0.15, 0.2) is 24.3 Å². The maximum absolute atomic E-state index is 12.2. The van der Waals surface area contributed by atoms with Gasteiger partial charge in [0.15, 0.2) is 5.54 Å². The molecule has 1 atom stereocenters. The number of carboxylic acid groups (broad SMARTS) is 1. The van der Waals surface area contributed by atoms with Gasteiger partial charge in [0.25, 0.3) is 0 Å². The van der Waals surface area contributed by atoms with Gasteiger partial charge < -0.3 is 15.3 Å². The van der Waals surface area contributed by atoms with Crippen molar-refractivity contribution >= 4 is 29.4 Å². The molecule has 0 radical (unpaired) electrons. The number of carbonyl (C=O) groups is 3. The number of carbonyl (C=O) groups excluding carboxylic acids is 2. The van der Waals surface area contributed by atoms with Gasteiger partial charge in [-0.1, -0.05) is 30.7 Å². The van der Waals surface area contributed by atoms with E-state index in [1.54, 1.807) is 45.3 Å². The number of amides is 2. The second-order valence-electron chi connectivity index (χ2n) is 5.76. The van der Waals surface area contributed by atoms with Gasteiger partial charge in [0.1, 0.15) is 0 Å². The predicted molar refractivity (Wildman–Crippen MR) is 91.7 cm³/mol. The Morgan fingerprint density at radius 3 is 2.21 bits per heavy atom. The van der Waals surface area contributed by atoms with E-state index < -0.39 is 17.4 Å². The molecule has 0 aliphatic heterocycles. The van der Waals surface area contributed by atoms with E-state index in [1.807, 2.05) is 0 Å². The molecular weight excluding hydrogens is 332 g/mol. The van der Waals surface area contributed by atoms with Crippen molar-refractivity contribution in [1.29, 1.82) is 0 Å². The fraction of sp³-hybridized carbons (Fsp3) is 0.471. The maximum Gasteiger partial charge on any atom is 0.334 e. The standard InChI is InChI=1S/C17H23ClN2O4/c1-4-17(16(23)24,12-8-10-13(18)11-9-12)19-14(21)6-5-7-15(22)20(2)3/h8-11H,4-7H2,1-3H3,(H,19,21)(H,23,24). The Morgan fingerprint density at radius 2 is 1.75 bits per heavy atom. The van der Waals surface area contributed by atoms with E-state index in [0.717, 1.165) is 0 Å². The zero-order chi connectivity index (χ0) is 18.3. The van der Waals surface area contributed by atoms with Crippen molar-refractivity contribution in [1.82, 2.24) is 10.2 Å². The van der Waals surface area contributed by atoms with Gasteiger partial charge in [0.05, 0.1) is 0 Å². The number of nitrogens with zero attached hydrogens (tertiary/aromatic N) is 1. The highest BCUT2D eigenvalue weighted by molar-refractivity contribution is 6.30. The first-order chi connectivity index (χ1) is 11.2. The summed E-state index contributed by atoms with van der Waals surface area (Å²) >= 11 is 5.84. The smallest absolute Gasteiger partial charge is 0.334 e. The van der Waals surface area contributed by atoms with Crippen molar-refractivity contribution in [3.8, 4) is 0 Å². The van der Waals surface area contributed by atoms with Crippen LogP contribution >= 0.6 is 11.6 Å². The van der Waals surface area contributed by atoms with Gasteiger partial charge in [-0.3, -0.25) is 9.59 Å². The number of carboxylic acids is 1. The lowest BCUT2D eigenvalue weighted by atomic mass is 9.87. The van der Waals surface area contributed by atoms with Gasteiger partial charge in [0.2, 0.25) is 11.8 Å². The molecule has 0 saturated carbocycles. The molecule has 0 saturated heterocycles. The molecule has 1 aromatic rings. The average Bonchev–Trinajstić information content (AvgIpc) is 2.53. The van der Waals surface area contributed by atoms with Crippen molar-refractivity contribution < 1.29 is 19.5 Å². The summed E-state index contributed by atoms with van der Waals surface area (Å²) in [5.74, 6) is -1.61. The molecule has 2 N–H and O–H groups in total. The molecule has 0 fully saturated rings. The van der Waals surface area contributed by atoms with Gasteiger partial charge in [0, 0.05) is 32.0 Å². The highest BCUT2D eigenvalue weighted by Gasteiger charge is 2.40. The number of halogens is 1. The predicted octanol–water partition coefficient (Wildman–Crippen LogP) is 2.40. The lowest BCUT2D eigenvalue weighted by Gasteiger charge is -2.30. The van der Waals surface area contributed by atoms with Crippen molar-refractivity contribution in [2.24, 2.45) is 0 Å². The number of benzene rings is 1. The van der Waals surface area contributed by atoms with Gasteiger partial charge >= 0.3 is 5.97 Å². The highest BCUT2D eigenvalue weighted by Crippen LogP contribution is 2.27. The van der Waals surface area contributed by atoms with E-state index in [2.05, 4.69) is 5.32 Å². The summed E-state index contributed by atoms with van der Waals surface area (Å²) < 4.78 is 0. The second kappa shape index (κ2) is 8.68. The third-order valence-corrected chi connectivity index (χ3v) is 4.13. The number of aliphatic carboxylic acids is 1. The van der Waals surface area contributed by atoms with Gasteiger partial charge in [-0.15, -0.1) is 0 Å². The fourth-order valence-corrected chi connectivity index (χ4v) is 2.48. The molecular formula is C17H23ClN2O4. The van der Waals surface area contributed by atoms with E-state index in [4.69, 9.17) is 11.6 Å².